The van der Waals surface area contributed by atoms with Gasteiger partial charge in [0.15, 0.2) is 0 Å². The summed E-state index contributed by atoms with van der Waals surface area (Å²) in [5.74, 6) is -0.884. The first-order chi connectivity index (χ1) is 7.08. The lowest BCUT2D eigenvalue weighted by atomic mass is 9.75. The largest absolute Gasteiger partial charge is 0.481 e. The molecule has 4 heteroatoms. The number of carbonyl (C=O) groups is 2. The lowest BCUT2D eigenvalue weighted by Crippen LogP contribution is -2.29. The van der Waals surface area contributed by atoms with Crippen molar-refractivity contribution < 1.29 is 19.4 Å². The number of carboxylic acids is 1. The Morgan fingerprint density at radius 2 is 2.27 bits per heavy atom. The van der Waals surface area contributed by atoms with E-state index in [1.54, 1.807) is 0 Å². The first-order valence-corrected chi connectivity index (χ1v) is 5.50. The second kappa shape index (κ2) is 3.83. The van der Waals surface area contributed by atoms with Crippen LogP contribution in [-0.4, -0.2) is 23.1 Å². The number of ether oxygens (including phenoxy) is 1. The zero-order valence-corrected chi connectivity index (χ0v) is 8.81. The van der Waals surface area contributed by atoms with E-state index in [2.05, 4.69) is 6.92 Å². The maximum Gasteiger partial charge on any atom is 0.310 e. The third-order valence-corrected chi connectivity index (χ3v) is 3.59. The third-order valence-electron chi connectivity index (χ3n) is 3.59. The molecule has 0 unspecified atom stereocenters. The van der Waals surface area contributed by atoms with E-state index in [0.29, 0.717) is 5.92 Å². The molecule has 0 aromatic carbocycles. The topological polar surface area (TPSA) is 63.6 Å². The molecule has 0 radical (unpaired) electrons. The van der Waals surface area contributed by atoms with Gasteiger partial charge in [-0.15, -0.1) is 0 Å². The molecule has 1 aliphatic carbocycles. The van der Waals surface area contributed by atoms with E-state index < -0.39 is 11.9 Å². The van der Waals surface area contributed by atoms with Crippen LogP contribution in [0.1, 0.15) is 32.6 Å². The van der Waals surface area contributed by atoms with Gasteiger partial charge in [-0.05, 0) is 18.8 Å². The van der Waals surface area contributed by atoms with Crippen molar-refractivity contribution in [1.29, 1.82) is 0 Å². The lowest BCUT2D eigenvalue weighted by molar-refractivity contribution is -0.148. The van der Waals surface area contributed by atoms with Gasteiger partial charge >= 0.3 is 11.9 Å². The zero-order chi connectivity index (χ0) is 11.0. The average Bonchev–Trinajstić information content (AvgIpc) is 2.41. The summed E-state index contributed by atoms with van der Waals surface area (Å²) in [4.78, 5) is 22.1. The number of esters is 1. The molecule has 0 aromatic rings. The molecule has 0 spiro atoms. The summed E-state index contributed by atoms with van der Waals surface area (Å²) in [7, 11) is 0. The van der Waals surface area contributed by atoms with E-state index in [0.717, 1.165) is 19.3 Å². The second-order valence-electron chi connectivity index (χ2n) is 4.76. The summed E-state index contributed by atoms with van der Waals surface area (Å²) in [6.07, 6.45) is 2.80. The molecule has 1 heterocycles. The van der Waals surface area contributed by atoms with Crippen molar-refractivity contribution in [1.82, 2.24) is 0 Å². The van der Waals surface area contributed by atoms with Gasteiger partial charge in [-0.25, -0.2) is 0 Å². The molecule has 2 fully saturated rings. The fraction of sp³-hybridized carbons (Fsp3) is 0.818. The predicted octanol–water partition coefficient (Wildman–Crippen LogP) is 1.44. The van der Waals surface area contributed by atoms with Crippen molar-refractivity contribution in [3.05, 3.63) is 0 Å². The highest BCUT2D eigenvalue weighted by Crippen LogP contribution is 2.42. The van der Waals surface area contributed by atoms with Crippen LogP contribution in [0.3, 0.4) is 0 Å². The molecule has 4 atom stereocenters. The van der Waals surface area contributed by atoms with Crippen molar-refractivity contribution in [2.45, 2.75) is 38.7 Å². The van der Waals surface area contributed by atoms with Crippen LogP contribution in [0, 0.1) is 17.8 Å². The summed E-state index contributed by atoms with van der Waals surface area (Å²) in [5.41, 5.74) is 0. The van der Waals surface area contributed by atoms with Crippen molar-refractivity contribution in [2.24, 2.45) is 17.8 Å². The van der Waals surface area contributed by atoms with E-state index in [1.807, 2.05) is 0 Å². The van der Waals surface area contributed by atoms with Crippen LogP contribution < -0.4 is 0 Å². The average molecular weight is 212 g/mol. The smallest absolute Gasteiger partial charge is 0.310 e. The molecular formula is C11H16O4. The van der Waals surface area contributed by atoms with E-state index in [-0.39, 0.29) is 24.4 Å². The van der Waals surface area contributed by atoms with Gasteiger partial charge in [-0.1, -0.05) is 13.3 Å². The standard InChI is InChI=1S/C11H16O4/c1-6-2-3-7-8(5-10(12)13)11(14)15-9(7)4-6/h6-9H,2-5H2,1H3,(H,12,13)/t6-,7+,8-,9+/m0/s1. The normalized spacial score (nSPS) is 39.7. The van der Waals surface area contributed by atoms with Crippen molar-refractivity contribution in [3.8, 4) is 0 Å². The fourth-order valence-corrected chi connectivity index (χ4v) is 2.78. The van der Waals surface area contributed by atoms with Crippen LogP contribution in [0.25, 0.3) is 0 Å². The number of aliphatic carboxylic acids is 1. The third kappa shape index (κ3) is 1.98. The van der Waals surface area contributed by atoms with Crippen LogP contribution in [0.4, 0.5) is 0 Å². The highest BCUT2D eigenvalue weighted by atomic mass is 16.6. The Morgan fingerprint density at radius 1 is 1.53 bits per heavy atom. The van der Waals surface area contributed by atoms with Gasteiger partial charge in [0.1, 0.15) is 6.10 Å². The Bertz CT molecular complexity index is 286. The van der Waals surface area contributed by atoms with Crippen LogP contribution in [0.2, 0.25) is 0 Å². The SMILES string of the molecule is C[C@H]1CC[C@@H]2[C@H](CC(=O)O)C(=O)O[C@@H]2C1. The maximum absolute atomic E-state index is 11.5. The minimum Gasteiger partial charge on any atom is -0.481 e. The summed E-state index contributed by atoms with van der Waals surface area (Å²) in [6, 6.07) is 0. The highest BCUT2D eigenvalue weighted by molar-refractivity contribution is 5.81. The zero-order valence-electron chi connectivity index (χ0n) is 8.81. The number of carboxylic acid groups (broad SMARTS) is 1. The van der Waals surface area contributed by atoms with Crippen molar-refractivity contribution >= 4 is 11.9 Å². The molecule has 1 saturated heterocycles. The van der Waals surface area contributed by atoms with Crippen molar-refractivity contribution in [2.75, 3.05) is 0 Å². The summed E-state index contributed by atoms with van der Waals surface area (Å²) in [6.45, 7) is 2.15. The molecule has 4 nitrogen and oxygen atoms in total. The van der Waals surface area contributed by atoms with Crippen LogP contribution in [0.15, 0.2) is 0 Å². The van der Waals surface area contributed by atoms with Gasteiger partial charge in [0.2, 0.25) is 0 Å². The van der Waals surface area contributed by atoms with Gasteiger partial charge in [-0.3, -0.25) is 9.59 Å². The molecular weight excluding hydrogens is 196 g/mol. The number of fused-ring (bicyclic) bond motifs is 1. The molecule has 0 aromatic heterocycles. The maximum atomic E-state index is 11.5. The molecule has 2 rings (SSSR count). The fourth-order valence-electron chi connectivity index (χ4n) is 2.78. The lowest BCUT2D eigenvalue weighted by Gasteiger charge is -2.29. The van der Waals surface area contributed by atoms with E-state index >= 15 is 0 Å². The molecule has 2 aliphatic rings. The van der Waals surface area contributed by atoms with Crippen molar-refractivity contribution in [3.63, 3.8) is 0 Å². The molecule has 1 aliphatic heterocycles. The van der Waals surface area contributed by atoms with Gasteiger partial charge in [-0.2, -0.15) is 0 Å². The Labute approximate surface area is 88.6 Å². The molecule has 0 bridgehead atoms. The minimum absolute atomic E-state index is 0.0226. The minimum atomic E-state index is -0.906. The van der Waals surface area contributed by atoms with Crippen LogP contribution >= 0.6 is 0 Å². The Morgan fingerprint density at radius 3 is 2.93 bits per heavy atom. The molecule has 0 amide bonds. The molecule has 1 N–H and O–H groups in total. The highest BCUT2D eigenvalue weighted by Gasteiger charge is 2.47. The molecule has 15 heavy (non-hydrogen) atoms. The van der Waals surface area contributed by atoms with Crippen LogP contribution in [-0.2, 0) is 14.3 Å². The predicted molar refractivity (Wildman–Crippen MR) is 52.1 cm³/mol. The van der Waals surface area contributed by atoms with Crippen LogP contribution in [0.5, 0.6) is 0 Å². The summed E-state index contributed by atoms with van der Waals surface area (Å²) in [5, 5.41) is 8.73. The van der Waals surface area contributed by atoms with Gasteiger partial charge < -0.3 is 9.84 Å². The van der Waals surface area contributed by atoms with E-state index in [4.69, 9.17) is 9.84 Å². The first-order valence-electron chi connectivity index (χ1n) is 5.50. The second-order valence-corrected chi connectivity index (χ2v) is 4.76. The first kappa shape index (κ1) is 10.5. The number of hydrogen-bond acceptors (Lipinski definition) is 3. The Balaban J connectivity index is 2.07. The monoisotopic (exact) mass is 212 g/mol. The molecule has 84 valence electrons. The Hall–Kier alpha value is -1.06. The quantitative estimate of drug-likeness (QED) is 0.703. The van der Waals surface area contributed by atoms with Gasteiger partial charge in [0, 0.05) is 5.92 Å². The number of hydrogen-bond donors (Lipinski definition) is 1. The summed E-state index contributed by atoms with van der Waals surface area (Å²) < 4.78 is 5.25. The number of carbonyl (C=O) groups excluding carboxylic acids is 1. The van der Waals surface area contributed by atoms with Gasteiger partial charge in [0.25, 0.3) is 0 Å². The summed E-state index contributed by atoms with van der Waals surface area (Å²) >= 11 is 0. The number of rotatable bonds is 2. The molecule has 1 saturated carbocycles. The Kier molecular flexibility index (Phi) is 2.67. The van der Waals surface area contributed by atoms with E-state index in [9.17, 15) is 9.59 Å². The van der Waals surface area contributed by atoms with E-state index in [1.165, 1.54) is 0 Å². The van der Waals surface area contributed by atoms with Gasteiger partial charge in [0.05, 0.1) is 12.3 Å².